The minimum Gasteiger partial charge on any atom is -0.465 e. The summed E-state index contributed by atoms with van der Waals surface area (Å²) in [5.74, 6) is -0.103. The van der Waals surface area contributed by atoms with E-state index in [1.165, 1.54) is 0 Å². The lowest BCUT2D eigenvalue weighted by molar-refractivity contribution is -0.146. The van der Waals surface area contributed by atoms with Gasteiger partial charge >= 0.3 is 5.97 Å². The van der Waals surface area contributed by atoms with E-state index in [0.29, 0.717) is 6.61 Å². The Kier molecular flexibility index (Phi) is 8.23. The van der Waals surface area contributed by atoms with Crippen LogP contribution in [0.2, 0.25) is 0 Å². The molecule has 0 bridgehead atoms. The van der Waals surface area contributed by atoms with Crippen LogP contribution >= 0.6 is 0 Å². The molecule has 0 aromatic heterocycles. The Hall–Kier alpha value is -0.570. The Labute approximate surface area is 106 Å². The van der Waals surface area contributed by atoms with Crippen LogP contribution in [0.5, 0.6) is 0 Å². The summed E-state index contributed by atoms with van der Waals surface area (Å²) in [6.07, 6.45) is 4.96. The number of carbonyl (C=O) groups excluding carboxylic acids is 1. The van der Waals surface area contributed by atoms with Gasteiger partial charge in [0.05, 0.1) is 6.61 Å². The van der Waals surface area contributed by atoms with E-state index >= 15 is 0 Å². The van der Waals surface area contributed by atoms with E-state index in [0.717, 1.165) is 32.1 Å². The Bertz CT molecular complexity index is 204. The third-order valence-corrected chi connectivity index (χ3v) is 3.66. The van der Waals surface area contributed by atoms with Gasteiger partial charge in [-0.2, -0.15) is 0 Å². The Morgan fingerprint density at radius 3 is 2.00 bits per heavy atom. The predicted octanol–water partition coefficient (Wildman–Crippen LogP) is 3.28. The van der Waals surface area contributed by atoms with Crippen LogP contribution in [0.15, 0.2) is 0 Å². The predicted molar refractivity (Wildman–Crippen MR) is 72.1 cm³/mol. The lowest BCUT2D eigenvalue weighted by Gasteiger charge is -2.35. The van der Waals surface area contributed by atoms with Crippen molar-refractivity contribution < 1.29 is 9.53 Å². The molecule has 1 atom stereocenters. The highest BCUT2D eigenvalue weighted by atomic mass is 16.5. The number of carbonyl (C=O) groups is 1. The van der Waals surface area contributed by atoms with Crippen LogP contribution in [0.4, 0.5) is 0 Å². The van der Waals surface area contributed by atoms with Crippen molar-refractivity contribution in [2.45, 2.75) is 78.3 Å². The number of nitrogens with one attached hydrogen (secondary N) is 1. The quantitative estimate of drug-likeness (QED) is 0.632. The van der Waals surface area contributed by atoms with Gasteiger partial charge in [-0.25, -0.2) is 0 Å². The zero-order chi connectivity index (χ0) is 13.3. The van der Waals surface area contributed by atoms with Crippen molar-refractivity contribution in [2.75, 3.05) is 6.61 Å². The molecule has 17 heavy (non-hydrogen) atoms. The highest BCUT2D eigenvalue weighted by Gasteiger charge is 2.30. The maximum Gasteiger partial charge on any atom is 0.323 e. The van der Waals surface area contributed by atoms with E-state index < -0.39 is 0 Å². The third-order valence-electron chi connectivity index (χ3n) is 3.66. The molecule has 0 aliphatic rings. The topological polar surface area (TPSA) is 38.3 Å². The van der Waals surface area contributed by atoms with Gasteiger partial charge < -0.3 is 4.74 Å². The van der Waals surface area contributed by atoms with Gasteiger partial charge in [0.1, 0.15) is 6.04 Å². The van der Waals surface area contributed by atoms with Crippen LogP contribution in [0.1, 0.15) is 66.7 Å². The van der Waals surface area contributed by atoms with E-state index in [4.69, 9.17) is 4.74 Å². The largest absolute Gasteiger partial charge is 0.465 e. The summed E-state index contributed by atoms with van der Waals surface area (Å²) in [6.45, 7) is 10.9. The standard InChI is InChI=1S/C14H29NO2/c1-6-11-12(13(16)17-10-5)15-14(7-2,8-3)9-4/h12,15H,6-11H2,1-5H3. The molecule has 0 aliphatic carbocycles. The second-order valence-corrected chi connectivity index (χ2v) is 4.58. The molecule has 0 radical (unpaired) electrons. The molecular formula is C14H29NO2. The number of esters is 1. The highest BCUT2D eigenvalue weighted by molar-refractivity contribution is 5.75. The van der Waals surface area contributed by atoms with Gasteiger partial charge in [0, 0.05) is 5.54 Å². The summed E-state index contributed by atoms with van der Waals surface area (Å²) in [4.78, 5) is 11.9. The SMILES string of the molecule is CCCC(NC(CC)(CC)CC)C(=O)OCC. The fraction of sp³-hybridized carbons (Fsp3) is 0.929. The van der Waals surface area contributed by atoms with Gasteiger partial charge in [-0.15, -0.1) is 0 Å². The smallest absolute Gasteiger partial charge is 0.323 e. The van der Waals surface area contributed by atoms with Crippen LogP contribution in [0, 0.1) is 0 Å². The number of rotatable bonds is 9. The van der Waals surface area contributed by atoms with Crippen molar-refractivity contribution in [1.82, 2.24) is 5.32 Å². The first-order valence-electron chi connectivity index (χ1n) is 7.03. The second-order valence-electron chi connectivity index (χ2n) is 4.58. The minimum absolute atomic E-state index is 0.0760. The Balaban J connectivity index is 4.65. The normalized spacial score (nSPS) is 13.5. The minimum atomic E-state index is -0.153. The van der Waals surface area contributed by atoms with Crippen molar-refractivity contribution in [3.63, 3.8) is 0 Å². The van der Waals surface area contributed by atoms with E-state index in [1.807, 2.05) is 6.92 Å². The monoisotopic (exact) mass is 243 g/mol. The summed E-state index contributed by atoms with van der Waals surface area (Å²) >= 11 is 0. The average molecular weight is 243 g/mol. The van der Waals surface area contributed by atoms with Gasteiger partial charge in [0.2, 0.25) is 0 Å². The lowest BCUT2D eigenvalue weighted by Crippen LogP contribution is -2.52. The molecule has 0 aliphatic heterocycles. The molecular weight excluding hydrogens is 214 g/mol. The first-order chi connectivity index (χ1) is 8.09. The lowest BCUT2D eigenvalue weighted by atomic mass is 9.88. The molecule has 0 rings (SSSR count). The summed E-state index contributed by atoms with van der Waals surface area (Å²) in [6, 6.07) is -0.153. The fourth-order valence-corrected chi connectivity index (χ4v) is 2.21. The highest BCUT2D eigenvalue weighted by Crippen LogP contribution is 2.21. The third kappa shape index (κ3) is 5.07. The summed E-state index contributed by atoms with van der Waals surface area (Å²) < 4.78 is 5.13. The zero-order valence-electron chi connectivity index (χ0n) is 12.1. The molecule has 0 spiro atoms. The van der Waals surface area contributed by atoms with E-state index in [-0.39, 0.29) is 17.6 Å². The molecule has 0 saturated heterocycles. The molecule has 1 N–H and O–H groups in total. The maximum atomic E-state index is 11.9. The summed E-state index contributed by atoms with van der Waals surface area (Å²) in [5.41, 5.74) is 0.0760. The molecule has 3 nitrogen and oxygen atoms in total. The molecule has 0 fully saturated rings. The fourth-order valence-electron chi connectivity index (χ4n) is 2.21. The van der Waals surface area contributed by atoms with Crippen LogP contribution in [0.25, 0.3) is 0 Å². The molecule has 3 heteroatoms. The molecule has 0 aromatic carbocycles. The first-order valence-corrected chi connectivity index (χ1v) is 7.03. The molecule has 0 amide bonds. The molecule has 102 valence electrons. The number of ether oxygens (including phenoxy) is 1. The maximum absolute atomic E-state index is 11.9. The van der Waals surface area contributed by atoms with Crippen LogP contribution in [-0.2, 0) is 9.53 Å². The van der Waals surface area contributed by atoms with Gasteiger partial charge in [-0.05, 0) is 32.6 Å². The van der Waals surface area contributed by atoms with E-state index in [2.05, 4.69) is 33.0 Å². The molecule has 0 saturated carbocycles. The second kappa shape index (κ2) is 8.51. The Morgan fingerprint density at radius 1 is 1.12 bits per heavy atom. The molecule has 1 unspecified atom stereocenters. The van der Waals surface area contributed by atoms with Crippen LogP contribution in [0.3, 0.4) is 0 Å². The van der Waals surface area contributed by atoms with Gasteiger partial charge in [-0.3, -0.25) is 10.1 Å². The summed E-state index contributed by atoms with van der Waals surface area (Å²) in [7, 11) is 0. The average Bonchev–Trinajstić information content (AvgIpc) is 2.35. The molecule has 0 aromatic rings. The Morgan fingerprint density at radius 2 is 1.65 bits per heavy atom. The van der Waals surface area contributed by atoms with Crippen molar-refractivity contribution in [2.24, 2.45) is 0 Å². The molecule has 0 heterocycles. The van der Waals surface area contributed by atoms with Crippen LogP contribution in [-0.4, -0.2) is 24.2 Å². The van der Waals surface area contributed by atoms with E-state index in [1.54, 1.807) is 0 Å². The van der Waals surface area contributed by atoms with Crippen molar-refractivity contribution in [1.29, 1.82) is 0 Å². The number of hydrogen-bond donors (Lipinski definition) is 1. The zero-order valence-corrected chi connectivity index (χ0v) is 12.1. The van der Waals surface area contributed by atoms with Gasteiger partial charge in [0.25, 0.3) is 0 Å². The van der Waals surface area contributed by atoms with Crippen molar-refractivity contribution in [3.05, 3.63) is 0 Å². The van der Waals surface area contributed by atoms with Crippen molar-refractivity contribution in [3.8, 4) is 0 Å². The van der Waals surface area contributed by atoms with Crippen LogP contribution < -0.4 is 5.32 Å². The van der Waals surface area contributed by atoms with Gasteiger partial charge in [-0.1, -0.05) is 34.1 Å². The van der Waals surface area contributed by atoms with Crippen molar-refractivity contribution >= 4 is 5.97 Å². The number of hydrogen-bond acceptors (Lipinski definition) is 3. The summed E-state index contributed by atoms with van der Waals surface area (Å²) in [5, 5.41) is 3.53. The van der Waals surface area contributed by atoms with Gasteiger partial charge in [0.15, 0.2) is 0 Å². The first kappa shape index (κ1) is 16.4. The van der Waals surface area contributed by atoms with E-state index in [9.17, 15) is 4.79 Å².